The van der Waals surface area contributed by atoms with Gasteiger partial charge in [-0.05, 0) is 13.5 Å². The fraction of sp³-hybridized carbons (Fsp3) is 1.00. The number of unbranched alkanes of at least 4 members (excludes halogenated alkanes) is 3. The molecule has 0 heterocycles. The molecule has 0 fully saturated rings. The Balaban J connectivity index is 3.46. The van der Waals surface area contributed by atoms with Crippen molar-refractivity contribution in [2.45, 2.75) is 32.6 Å². The van der Waals surface area contributed by atoms with E-state index in [1.165, 1.54) is 12.8 Å². The molecule has 0 atom stereocenters. The monoisotopic (exact) mass is 222 g/mol. The molecule has 0 amide bonds. The van der Waals surface area contributed by atoms with Crippen LogP contribution < -0.4 is 10.0 Å². The van der Waals surface area contributed by atoms with Gasteiger partial charge in [0, 0.05) is 13.1 Å². The molecule has 0 saturated heterocycles. The summed E-state index contributed by atoms with van der Waals surface area (Å²) in [6.07, 6.45) is 4.39. The Morgan fingerprint density at radius 3 is 2.36 bits per heavy atom. The maximum Gasteiger partial charge on any atom is 0.212 e. The highest BCUT2D eigenvalue weighted by atomic mass is 32.2. The Morgan fingerprint density at radius 1 is 1.07 bits per heavy atom. The Morgan fingerprint density at radius 2 is 1.79 bits per heavy atom. The molecule has 86 valence electrons. The van der Waals surface area contributed by atoms with Crippen molar-refractivity contribution in [1.29, 1.82) is 0 Å². The number of nitrogens with one attached hydrogen (secondary N) is 2. The third-order valence-electron chi connectivity index (χ3n) is 1.97. The van der Waals surface area contributed by atoms with Gasteiger partial charge in [-0.1, -0.05) is 26.2 Å². The van der Waals surface area contributed by atoms with Gasteiger partial charge in [0.2, 0.25) is 10.0 Å². The fourth-order valence-corrected chi connectivity index (χ4v) is 2.16. The molecule has 0 spiro atoms. The molecule has 0 aromatic rings. The van der Waals surface area contributed by atoms with Crippen LogP contribution in [0.25, 0.3) is 0 Å². The van der Waals surface area contributed by atoms with Crippen molar-refractivity contribution in [3.63, 3.8) is 0 Å². The smallest absolute Gasteiger partial charge is 0.212 e. The summed E-state index contributed by atoms with van der Waals surface area (Å²) in [5.41, 5.74) is 0. The summed E-state index contributed by atoms with van der Waals surface area (Å²) < 4.78 is 25.1. The van der Waals surface area contributed by atoms with Crippen molar-refractivity contribution in [2.75, 3.05) is 25.9 Å². The molecule has 0 radical (unpaired) electrons. The average Bonchev–Trinajstić information content (AvgIpc) is 2.15. The largest absolute Gasteiger partial charge is 0.319 e. The molecule has 14 heavy (non-hydrogen) atoms. The minimum Gasteiger partial charge on any atom is -0.319 e. The quantitative estimate of drug-likeness (QED) is 0.565. The van der Waals surface area contributed by atoms with Crippen molar-refractivity contribution in [3.8, 4) is 0 Å². The maximum atomic E-state index is 11.3. The minimum atomic E-state index is -3.04. The van der Waals surface area contributed by atoms with E-state index in [9.17, 15) is 8.42 Å². The normalized spacial score (nSPS) is 11.9. The van der Waals surface area contributed by atoms with E-state index in [2.05, 4.69) is 17.0 Å². The molecule has 4 nitrogen and oxygen atoms in total. The maximum absolute atomic E-state index is 11.3. The highest BCUT2D eigenvalue weighted by Crippen LogP contribution is 1.97. The standard InChI is InChI=1S/C9H22N2O2S/c1-3-4-5-6-7-11-14(12,13)9-8-10-2/h10-11H,3-9H2,1-2H3. The van der Waals surface area contributed by atoms with Gasteiger partial charge in [-0.3, -0.25) is 0 Å². The topological polar surface area (TPSA) is 58.2 Å². The van der Waals surface area contributed by atoms with Crippen LogP contribution in [-0.4, -0.2) is 34.3 Å². The molecule has 0 bridgehead atoms. The van der Waals surface area contributed by atoms with Crippen molar-refractivity contribution in [3.05, 3.63) is 0 Å². The molecule has 0 rings (SSSR count). The SMILES string of the molecule is CCCCCCNS(=O)(=O)CCNC. The average molecular weight is 222 g/mol. The Hall–Kier alpha value is -0.130. The molecule has 5 heteroatoms. The van der Waals surface area contributed by atoms with Gasteiger partial charge in [0.05, 0.1) is 5.75 Å². The van der Waals surface area contributed by atoms with E-state index < -0.39 is 10.0 Å². The van der Waals surface area contributed by atoms with E-state index >= 15 is 0 Å². The van der Waals surface area contributed by atoms with Crippen LogP contribution in [0.3, 0.4) is 0 Å². The Labute approximate surface area is 87.5 Å². The second-order valence-corrected chi connectivity index (χ2v) is 5.30. The summed E-state index contributed by atoms with van der Waals surface area (Å²) in [4.78, 5) is 0. The number of rotatable bonds is 9. The van der Waals surface area contributed by atoms with Crippen LogP contribution in [-0.2, 0) is 10.0 Å². The molecule has 0 aliphatic rings. The van der Waals surface area contributed by atoms with E-state index in [0.29, 0.717) is 13.1 Å². The van der Waals surface area contributed by atoms with Crippen LogP contribution in [0.15, 0.2) is 0 Å². The molecule has 0 unspecified atom stereocenters. The van der Waals surface area contributed by atoms with E-state index in [4.69, 9.17) is 0 Å². The van der Waals surface area contributed by atoms with Crippen LogP contribution in [0.4, 0.5) is 0 Å². The van der Waals surface area contributed by atoms with Crippen LogP contribution in [0.5, 0.6) is 0 Å². The van der Waals surface area contributed by atoms with Gasteiger partial charge in [0.25, 0.3) is 0 Å². The van der Waals surface area contributed by atoms with Crippen LogP contribution in [0, 0.1) is 0 Å². The number of hydrogen-bond acceptors (Lipinski definition) is 3. The lowest BCUT2D eigenvalue weighted by Crippen LogP contribution is -2.31. The number of hydrogen-bond donors (Lipinski definition) is 2. The van der Waals surface area contributed by atoms with Gasteiger partial charge >= 0.3 is 0 Å². The lowest BCUT2D eigenvalue weighted by atomic mass is 10.2. The highest BCUT2D eigenvalue weighted by Gasteiger charge is 2.07. The first-order valence-corrected chi connectivity index (χ1v) is 6.89. The predicted molar refractivity (Wildman–Crippen MR) is 59.9 cm³/mol. The zero-order chi connectivity index (χ0) is 10.9. The van der Waals surface area contributed by atoms with Crippen molar-refractivity contribution in [1.82, 2.24) is 10.0 Å². The third-order valence-corrected chi connectivity index (χ3v) is 3.36. The molecular weight excluding hydrogens is 200 g/mol. The lowest BCUT2D eigenvalue weighted by Gasteiger charge is -2.05. The summed E-state index contributed by atoms with van der Waals surface area (Å²) in [6.45, 7) is 3.22. The molecule has 0 aliphatic heterocycles. The molecule has 0 aliphatic carbocycles. The second-order valence-electron chi connectivity index (χ2n) is 3.38. The molecule has 0 aromatic heterocycles. The first-order valence-electron chi connectivity index (χ1n) is 5.24. The van der Waals surface area contributed by atoms with Crippen LogP contribution in [0.2, 0.25) is 0 Å². The lowest BCUT2D eigenvalue weighted by molar-refractivity contribution is 0.571. The first-order chi connectivity index (χ1) is 6.62. The van der Waals surface area contributed by atoms with Gasteiger partial charge in [-0.25, -0.2) is 13.1 Å². The summed E-state index contributed by atoms with van der Waals surface area (Å²) >= 11 is 0. The Bertz CT molecular complexity index is 215. The van der Waals surface area contributed by atoms with Gasteiger partial charge in [-0.2, -0.15) is 0 Å². The van der Waals surface area contributed by atoms with Gasteiger partial charge in [0.1, 0.15) is 0 Å². The van der Waals surface area contributed by atoms with E-state index in [-0.39, 0.29) is 5.75 Å². The van der Waals surface area contributed by atoms with Crippen molar-refractivity contribution in [2.24, 2.45) is 0 Å². The second kappa shape index (κ2) is 8.20. The highest BCUT2D eigenvalue weighted by molar-refractivity contribution is 7.89. The van der Waals surface area contributed by atoms with E-state index in [1.807, 2.05) is 0 Å². The van der Waals surface area contributed by atoms with Crippen molar-refractivity contribution < 1.29 is 8.42 Å². The minimum absolute atomic E-state index is 0.164. The van der Waals surface area contributed by atoms with Crippen molar-refractivity contribution >= 4 is 10.0 Å². The zero-order valence-corrected chi connectivity index (χ0v) is 9.99. The van der Waals surface area contributed by atoms with Gasteiger partial charge in [-0.15, -0.1) is 0 Å². The van der Waals surface area contributed by atoms with Crippen LogP contribution in [0.1, 0.15) is 32.6 Å². The van der Waals surface area contributed by atoms with Gasteiger partial charge < -0.3 is 5.32 Å². The van der Waals surface area contributed by atoms with Crippen LogP contribution >= 0.6 is 0 Å². The molecule has 0 saturated carbocycles. The van der Waals surface area contributed by atoms with E-state index in [0.717, 1.165) is 12.8 Å². The molecule has 2 N–H and O–H groups in total. The summed E-state index contributed by atoms with van der Waals surface area (Å²) in [7, 11) is -1.30. The fourth-order valence-electron chi connectivity index (χ4n) is 1.09. The zero-order valence-electron chi connectivity index (χ0n) is 9.17. The molecular formula is C9H22N2O2S. The predicted octanol–water partition coefficient (Wildman–Crippen LogP) is 0.706. The Kier molecular flexibility index (Phi) is 8.12. The van der Waals surface area contributed by atoms with E-state index in [1.54, 1.807) is 7.05 Å². The summed E-state index contributed by atoms with van der Waals surface area (Å²) in [5, 5.41) is 2.82. The molecule has 0 aromatic carbocycles. The summed E-state index contributed by atoms with van der Waals surface area (Å²) in [5.74, 6) is 0.164. The third kappa shape index (κ3) is 8.47. The number of sulfonamides is 1. The van der Waals surface area contributed by atoms with Gasteiger partial charge in [0.15, 0.2) is 0 Å². The summed E-state index contributed by atoms with van der Waals surface area (Å²) in [6, 6.07) is 0. The first kappa shape index (κ1) is 13.9.